The maximum Gasteiger partial charge on any atom is 0.328 e. The van der Waals surface area contributed by atoms with Gasteiger partial charge in [0.2, 0.25) is 0 Å². The number of aryl methyl sites for hydroxylation is 1. The number of alkyl halides is 1. The molecule has 0 aliphatic carbocycles. The fourth-order valence-electron chi connectivity index (χ4n) is 0.869. The third-order valence-corrected chi connectivity index (χ3v) is 2.07. The molecule has 4 heteroatoms. The van der Waals surface area contributed by atoms with Crippen molar-refractivity contribution >= 4 is 17.6 Å². The normalized spacial score (nSPS) is 12.2. The van der Waals surface area contributed by atoms with Gasteiger partial charge in [0.25, 0.3) is 0 Å². The topological polar surface area (TPSA) is 39.2 Å². The Hall–Kier alpha value is -1.09. The van der Waals surface area contributed by atoms with Gasteiger partial charge in [-0.1, -0.05) is 6.07 Å². The maximum atomic E-state index is 11.0. The number of rotatable bonds is 2. The minimum absolute atomic E-state index is 0.465. The number of aromatic nitrogens is 1. The quantitative estimate of drug-likeness (QED) is 0.539. The van der Waals surface area contributed by atoms with Crippen LogP contribution >= 0.6 is 11.6 Å². The van der Waals surface area contributed by atoms with Gasteiger partial charge in [-0.25, -0.2) is 0 Å². The lowest BCUT2D eigenvalue weighted by Crippen LogP contribution is -2.08. The van der Waals surface area contributed by atoms with Crippen LogP contribution < -0.4 is 0 Å². The zero-order valence-corrected chi connectivity index (χ0v) is 8.21. The molecule has 1 heterocycles. The van der Waals surface area contributed by atoms with Crippen molar-refractivity contribution in [2.45, 2.75) is 12.3 Å². The van der Waals surface area contributed by atoms with E-state index in [4.69, 9.17) is 11.6 Å². The smallest absolute Gasteiger partial charge is 0.328 e. The molecule has 0 aromatic carbocycles. The number of halogens is 1. The molecule has 1 aromatic rings. The second-order valence-electron chi connectivity index (χ2n) is 2.62. The van der Waals surface area contributed by atoms with Crippen molar-refractivity contribution in [3.8, 4) is 0 Å². The Morgan fingerprint density at radius 1 is 1.62 bits per heavy atom. The predicted octanol–water partition coefficient (Wildman–Crippen LogP) is 1.84. The average Bonchev–Trinajstić information content (AvgIpc) is 2.17. The largest absolute Gasteiger partial charge is 0.468 e. The minimum atomic E-state index is -0.766. The molecule has 0 saturated heterocycles. The van der Waals surface area contributed by atoms with E-state index in [0.717, 1.165) is 5.69 Å². The summed E-state index contributed by atoms with van der Waals surface area (Å²) >= 11 is 5.79. The van der Waals surface area contributed by atoms with Crippen molar-refractivity contribution in [2.24, 2.45) is 0 Å². The van der Waals surface area contributed by atoms with Crippen LogP contribution in [0.1, 0.15) is 16.6 Å². The standard InChI is InChI=1S/C9H10ClNO2/c1-6-3-4-7(5-11-6)8(10)9(12)13-2/h3-5,8H,1-2H3. The van der Waals surface area contributed by atoms with Crippen molar-refractivity contribution in [1.29, 1.82) is 0 Å². The molecule has 0 spiro atoms. The summed E-state index contributed by atoms with van der Waals surface area (Å²) in [5.74, 6) is -0.465. The van der Waals surface area contributed by atoms with Gasteiger partial charge in [-0.15, -0.1) is 11.6 Å². The summed E-state index contributed by atoms with van der Waals surface area (Å²) in [5, 5.41) is -0.766. The molecule has 1 rings (SSSR count). The number of esters is 1. The molecule has 1 aromatic heterocycles. The lowest BCUT2D eigenvalue weighted by atomic mass is 10.2. The molecular formula is C9H10ClNO2. The Morgan fingerprint density at radius 3 is 2.77 bits per heavy atom. The highest BCUT2D eigenvalue weighted by Gasteiger charge is 2.17. The molecule has 1 atom stereocenters. The van der Waals surface area contributed by atoms with Crippen molar-refractivity contribution < 1.29 is 9.53 Å². The molecule has 0 radical (unpaired) electrons. The van der Waals surface area contributed by atoms with E-state index in [9.17, 15) is 4.79 Å². The minimum Gasteiger partial charge on any atom is -0.468 e. The second-order valence-corrected chi connectivity index (χ2v) is 3.06. The van der Waals surface area contributed by atoms with Gasteiger partial charge in [-0.05, 0) is 18.6 Å². The number of carbonyl (C=O) groups is 1. The zero-order chi connectivity index (χ0) is 9.84. The number of methoxy groups -OCH3 is 1. The van der Waals surface area contributed by atoms with Gasteiger partial charge >= 0.3 is 5.97 Å². The summed E-state index contributed by atoms with van der Waals surface area (Å²) in [6.45, 7) is 1.87. The molecule has 0 aliphatic rings. The highest BCUT2D eigenvalue weighted by atomic mass is 35.5. The first-order valence-electron chi connectivity index (χ1n) is 3.79. The number of pyridine rings is 1. The van der Waals surface area contributed by atoms with Gasteiger partial charge in [-0.2, -0.15) is 0 Å². The van der Waals surface area contributed by atoms with Crippen LogP contribution in [0.2, 0.25) is 0 Å². The van der Waals surface area contributed by atoms with Crippen molar-refractivity contribution in [1.82, 2.24) is 4.98 Å². The highest BCUT2D eigenvalue weighted by Crippen LogP contribution is 2.20. The second kappa shape index (κ2) is 4.23. The van der Waals surface area contributed by atoms with E-state index in [-0.39, 0.29) is 0 Å². The van der Waals surface area contributed by atoms with Crippen LogP contribution in [0, 0.1) is 6.92 Å². The Balaban J connectivity index is 2.83. The molecule has 0 N–H and O–H groups in total. The van der Waals surface area contributed by atoms with Gasteiger partial charge in [0, 0.05) is 11.9 Å². The number of ether oxygens (including phenoxy) is 1. The molecule has 0 bridgehead atoms. The SMILES string of the molecule is COC(=O)C(Cl)c1ccc(C)nc1. The number of hydrogen-bond donors (Lipinski definition) is 0. The van der Waals surface area contributed by atoms with Crippen LogP contribution in [-0.2, 0) is 9.53 Å². The number of carbonyl (C=O) groups excluding carboxylic acids is 1. The third kappa shape index (κ3) is 2.42. The lowest BCUT2D eigenvalue weighted by Gasteiger charge is -2.06. The van der Waals surface area contributed by atoms with Crippen molar-refractivity contribution in [3.63, 3.8) is 0 Å². The highest BCUT2D eigenvalue weighted by molar-refractivity contribution is 6.29. The molecule has 0 aliphatic heterocycles. The summed E-state index contributed by atoms with van der Waals surface area (Å²) in [4.78, 5) is 15.0. The first-order chi connectivity index (χ1) is 6.15. The van der Waals surface area contributed by atoms with Crippen LogP contribution in [0.4, 0.5) is 0 Å². The van der Waals surface area contributed by atoms with Crippen LogP contribution in [0.3, 0.4) is 0 Å². The molecule has 0 fully saturated rings. The maximum absolute atomic E-state index is 11.0. The Labute approximate surface area is 81.7 Å². The lowest BCUT2D eigenvalue weighted by molar-refractivity contribution is -0.140. The molecule has 13 heavy (non-hydrogen) atoms. The molecule has 0 amide bonds. The monoisotopic (exact) mass is 199 g/mol. The molecule has 1 unspecified atom stereocenters. The van der Waals surface area contributed by atoms with Crippen LogP contribution in [0.25, 0.3) is 0 Å². The van der Waals surface area contributed by atoms with Gasteiger partial charge in [0.1, 0.15) is 0 Å². The van der Waals surface area contributed by atoms with Crippen LogP contribution in [0.15, 0.2) is 18.3 Å². The van der Waals surface area contributed by atoms with E-state index in [0.29, 0.717) is 5.56 Å². The van der Waals surface area contributed by atoms with Crippen molar-refractivity contribution in [2.75, 3.05) is 7.11 Å². The Bertz CT molecular complexity index is 297. The zero-order valence-electron chi connectivity index (χ0n) is 7.45. The fraction of sp³-hybridized carbons (Fsp3) is 0.333. The van der Waals surface area contributed by atoms with Gasteiger partial charge in [0.05, 0.1) is 7.11 Å². The summed E-state index contributed by atoms with van der Waals surface area (Å²) < 4.78 is 4.50. The molecule has 70 valence electrons. The third-order valence-electron chi connectivity index (χ3n) is 1.64. The van der Waals surface area contributed by atoms with E-state index in [2.05, 4.69) is 9.72 Å². The van der Waals surface area contributed by atoms with Gasteiger partial charge in [0.15, 0.2) is 5.38 Å². The van der Waals surface area contributed by atoms with E-state index in [1.54, 1.807) is 18.3 Å². The van der Waals surface area contributed by atoms with E-state index in [1.807, 2.05) is 6.92 Å². The molecule has 3 nitrogen and oxygen atoms in total. The number of nitrogens with zero attached hydrogens (tertiary/aromatic N) is 1. The number of hydrogen-bond acceptors (Lipinski definition) is 3. The van der Waals surface area contributed by atoms with Crippen LogP contribution in [-0.4, -0.2) is 18.1 Å². The summed E-state index contributed by atoms with van der Waals surface area (Å²) in [7, 11) is 1.30. The summed E-state index contributed by atoms with van der Waals surface area (Å²) in [6, 6.07) is 3.56. The average molecular weight is 200 g/mol. The first kappa shape index (κ1) is 9.99. The van der Waals surface area contributed by atoms with E-state index < -0.39 is 11.3 Å². The predicted molar refractivity (Wildman–Crippen MR) is 49.6 cm³/mol. The first-order valence-corrected chi connectivity index (χ1v) is 4.23. The Morgan fingerprint density at radius 2 is 2.31 bits per heavy atom. The molecule has 0 saturated carbocycles. The summed E-state index contributed by atoms with van der Waals surface area (Å²) in [6.07, 6.45) is 1.57. The Kier molecular flexibility index (Phi) is 3.25. The van der Waals surface area contributed by atoms with Gasteiger partial charge in [-0.3, -0.25) is 9.78 Å². The van der Waals surface area contributed by atoms with E-state index in [1.165, 1.54) is 7.11 Å². The van der Waals surface area contributed by atoms with Gasteiger partial charge < -0.3 is 4.74 Å². The van der Waals surface area contributed by atoms with Crippen molar-refractivity contribution in [3.05, 3.63) is 29.6 Å². The van der Waals surface area contributed by atoms with E-state index >= 15 is 0 Å². The summed E-state index contributed by atoms with van der Waals surface area (Å²) in [5.41, 5.74) is 1.54. The fourth-order valence-corrected chi connectivity index (χ4v) is 1.09. The van der Waals surface area contributed by atoms with Crippen LogP contribution in [0.5, 0.6) is 0 Å². The molecular weight excluding hydrogens is 190 g/mol.